The predicted octanol–water partition coefficient (Wildman–Crippen LogP) is 2.84. The monoisotopic (exact) mass is 355 g/mol. The van der Waals surface area contributed by atoms with Gasteiger partial charge in [-0.2, -0.15) is 0 Å². The van der Waals surface area contributed by atoms with Gasteiger partial charge < -0.3 is 4.90 Å². The first-order chi connectivity index (χ1) is 10.1. The van der Waals surface area contributed by atoms with Crippen molar-refractivity contribution in [3.05, 3.63) is 34.1 Å². The Bertz CT molecular complexity index is 496. The van der Waals surface area contributed by atoms with Crippen LogP contribution in [0.1, 0.15) is 31.2 Å². The molecule has 0 aliphatic carbocycles. The fourth-order valence-corrected chi connectivity index (χ4v) is 4.49. The highest BCUT2D eigenvalue weighted by molar-refractivity contribution is 9.10. The van der Waals surface area contributed by atoms with E-state index in [1.54, 1.807) is 6.07 Å². The Kier molecular flexibility index (Phi) is 4.64. The lowest BCUT2D eigenvalue weighted by Crippen LogP contribution is -2.49. The Morgan fingerprint density at radius 1 is 1.38 bits per heavy atom. The smallest absolute Gasteiger partial charge is 0.126 e. The summed E-state index contributed by atoms with van der Waals surface area (Å²) >= 11 is 3.42. The summed E-state index contributed by atoms with van der Waals surface area (Å²) in [6.07, 6.45) is 5.56. The molecule has 3 rings (SSSR count). The third-order valence-electron chi connectivity index (χ3n) is 5.37. The Balaban J connectivity index is 1.72. The van der Waals surface area contributed by atoms with Gasteiger partial charge in [0.05, 0.1) is 0 Å². The lowest BCUT2D eigenvalue weighted by Gasteiger charge is -2.39. The molecule has 2 aliphatic rings. The summed E-state index contributed by atoms with van der Waals surface area (Å²) in [5.74, 6) is 6.17. The molecule has 3 N–H and O–H groups in total. The van der Waals surface area contributed by atoms with Crippen LogP contribution in [0.5, 0.6) is 0 Å². The van der Waals surface area contributed by atoms with Crippen LogP contribution in [0.2, 0.25) is 0 Å². The molecule has 0 saturated carbocycles. The number of hydrazine groups is 1. The molecule has 0 aromatic heterocycles. The number of piperidine rings is 1. The zero-order valence-electron chi connectivity index (χ0n) is 12.4. The lowest BCUT2D eigenvalue weighted by molar-refractivity contribution is 0.112. The Hall–Kier alpha value is -0.490. The number of nitrogens with zero attached hydrogens (tertiary/aromatic N) is 1. The van der Waals surface area contributed by atoms with Crippen LogP contribution in [-0.4, -0.2) is 30.1 Å². The minimum atomic E-state index is -0.144. The summed E-state index contributed by atoms with van der Waals surface area (Å²) in [7, 11) is 2.23. The van der Waals surface area contributed by atoms with Gasteiger partial charge in [0.25, 0.3) is 0 Å². The van der Waals surface area contributed by atoms with Crippen LogP contribution < -0.4 is 11.3 Å². The minimum Gasteiger partial charge on any atom is -0.300 e. The van der Waals surface area contributed by atoms with E-state index in [4.69, 9.17) is 5.84 Å². The molecule has 2 saturated heterocycles. The van der Waals surface area contributed by atoms with Crippen molar-refractivity contribution in [2.45, 2.75) is 50.2 Å². The molecule has 2 aliphatic heterocycles. The first kappa shape index (κ1) is 15.4. The van der Waals surface area contributed by atoms with Gasteiger partial charge in [-0.1, -0.05) is 15.9 Å². The largest absolute Gasteiger partial charge is 0.300 e. The van der Waals surface area contributed by atoms with Crippen molar-refractivity contribution < 1.29 is 4.39 Å². The Labute approximate surface area is 134 Å². The van der Waals surface area contributed by atoms with Gasteiger partial charge in [0, 0.05) is 22.6 Å². The van der Waals surface area contributed by atoms with E-state index in [0.717, 1.165) is 22.9 Å². The van der Waals surface area contributed by atoms with Crippen molar-refractivity contribution in [1.29, 1.82) is 0 Å². The van der Waals surface area contributed by atoms with Crippen molar-refractivity contribution in [2.75, 3.05) is 7.05 Å². The average molecular weight is 356 g/mol. The van der Waals surface area contributed by atoms with Gasteiger partial charge in [0.1, 0.15) is 5.82 Å². The van der Waals surface area contributed by atoms with Gasteiger partial charge in [0.2, 0.25) is 0 Å². The second-order valence-electron chi connectivity index (χ2n) is 6.49. The minimum absolute atomic E-state index is 0.144. The number of hydrogen-bond donors (Lipinski definition) is 2. The van der Waals surface area contributed by atoms with Crippen molar-refractivity contribution in [3.63, 3.8) is 0 Å². The standard InChI is InChI=1S/C16H23BrFN3/c1-21-13-3-4-14(21)8-11(7-13)16(20-19)9-10-6-12(17)2-5-15(10)18/h2,5-6,11,13-14,16,20H,3-4,7-9,19H2,1H3. The van der Waals surface area contributed by atoms with Crippen LogP contribution in [0.15, 0.2) is 22.7 Å². The van der Waals surface area contributed by atoms with Crippen molar-refractivity contribution in [1.82, 2.24) is 10.3 Å². The van der Waals surface area contributed by atoms with E-state index in [0.29, 0.717) is 24.4 Å². The zero-order chi connectivity index (χ0) is 15.0. The Morgan fingerprint density at radius 3 is 2.67 bits per heavy atom. The molecule has 3 unspecified atom stereocenters. The van der Waals surface area contributed by atoms with Crippen LogP contribution in [0.3, 0.4) is 0 Å². The Morgan fingerprint density at radius 2 is 2.05 bits per heavy atom. The van der Waals surface area contributed by atoms with Gasteiger partial charge in [-0.3, -0.25) is 11.3 Å². The third kappa shape index (κ3) is 3.16. The predicted molar refractivity (Wildman–Crippen MR) is 86.2 cm³/mol. The molecule has 0 spiro atoms. The number of benzene rings is 1. The topological polar surface area (TPSA) is 41.3 Å². The van der Waals surface area contributed by atoms with Gasteiger partial charge >= 0.3 is 0 Å². The highest BCUT2D eigenvalue weighted by atomic mass is 79.9. The molecule has 116 valence electrons. The van der Waals surface area contributed by atoms with E-state index in [9.17, 15) is 4.39 Å². The summed E-state index contributed by atoms with van der Waals surface area (Å²) in [6.45, 7) is 0. The molecular formula is C16H23BrFN3. The van der Waals surface area contributed by atoms with Crippen molar-refractivity contribution in [3.8, 4) is 0 Å². The van der Waals surface area contributed by atoms with Crippen LogP contribution in [-0.2, 0) is 6.42 Å². The number of nitrogens with one attached hydrogen (secondary N) is 1. The number of fused-ring (bicyclic) bond motifs is 2. The zero-order valence-corrected chi connectivity index (χ0v) is 13.9. The molecule has 1 aromatic carbocycles. The molecule has 2 fully saturated rings. The molecular weight excluding hydrogens is 333 g/mol. The molecule has 2 heterocycles. The van der Waals surface area contributed by atoms with Gasteiger partial charge in [-0.05, 0) is 68.8 Å². The number of hydrogen-bond acceptors (Lipinski definition) is 3. The van der Waals surface area contributed by atoms with Crippen LogP contribution >= 0.6 is 15.9 Å². The summed E-state index contributed by atoms with van der Waals surface area (Å²) < 4.78 is 14.9. The second-order valence-corrected chi connectivity index (χ2v) is 7.41. The summed E-state index contributed by atoms with van der Waals surface area (Å²) in [6, 6.07) is 6.62. The first-order valence-corrected chi connectivity index (χ1v) is 8.49. The van der Waals surface area contributed by atoms with Crippen molar-refractivity contribution >= 4 is 15.9 Å². The van der Waals surface area contributed by atoms with E-state index >= 15 is 0 Å². The highest BCUT2D eigenvalue weighted by Gasteiger charge is 2.40. The second kappa shape index (κ2) is 6.32. The highest BCUT2D eigenvalue weighted by Crippen LogP contribution is 2.39. The SMILES string of the molecule is CN1C2CCC1CC(C(Cc1cc(Br)ccc1F)NN)C2. The van der Waals surface area contributed by atoms with Crippen LogP contribution in [0, 0.1) is 11.7 Å². The molecule has 0 radical (unpaired) electrons. The summed E-state index contributed by atoms with van der Waals surface area (Å²) in [4.78, 5) is 2.52. The van der Waals surface area contributed by atoms with E-state index in [1.165, 1.54) is 18.9 Å². The normalized spacial score (nSPS) is 30.6. The van der Waals surface area contributed by atoms with E-state index in [1.807, 2.05) is 6.07 Å². The van der Waals surface area contributed by atoms with E-state index in [2.05, 4.69) is 33.3 Å². The molecule has 3 nitrogen and oxygen atoms in total. The molecule has 21 heavy (non-hydrogen) atoms. The quantitative estimate of drug-likeness (QED) is 0.644. The number of halogens is 2. The summed E-state index contributed by atoms with van der Waals surface area (Å²) in [5.41, 5.74) is 3.68. The van der Waals surface area contributed by atoms with Crippen molar-refractivity contribution in [2.24, 2.45) is 11.8 Å². The maximum absolute atomic E-state index is 14.0. The first-order valence-electron chi connectivity index (χ1n) is 7.70. The number of rotatable bonds is 4. The van der Waals surface area contributed by atoms with E-state index < -0.39 is 0 Å². The summed E-state index contributed by atoms with van der Waals surface area (Å²) in [5, 5.41) is 0. The van der Waals surface area contributed by atoms with Crippen LogP contribution in [0.4, 0.5) is 4.39 Å². The maximum Gasteiger partial charge on any atom is 0.126 e. The molecule has 3 atom stereocenters. The number of nitrogens with two attached hydrogens (primary N) is 1. The fraction of sp³-hybridized carbons (Fsp3) is 0.625. The van der Waals surface area contributed by atoms with Gasteiger partial charge in [0.15, 0.2) is 0 Å². The van der Waals surface area contributed by atoms with Gasteiger partial charge in [-0.25, -0.2) is 4.39 Å². The third-order valence-corrected chi connectivity index (χ3v) is 5.86. The average Bonchev–Trinajstić information content (AvgIpc) is 2.69. The molecule has 1 aromatic rings. The fourth-order valence-electron chi connectivity index (χ4n) is 4.08. The van der Waals surface area contributed by atoms with E-state index in [-0.39, 0.29) is 11.9 Å². The molecule has 2 bridgehead atoms. The molecule has 0 amide bonds. The molecule has 5 heteroatoms. The maximum atomic E-state index is 14.0. The lowest BCUT2D eigenvalue weighted by atomic mass is 9.83. The van der Waals surface area contributed by atoms with Gasteiger partial charge in [-0.15, -0.1) is 0 Å². The van der Waals surface area contributed by atoms with Crippen LogP contribution in [0.25, 0.3) is 0 Å².